The van der Waals surface area contributed by atoms with E-state index >= 15 is 0 Å². The van der Waals surface area contributed by atoms with E-state index in [-0.39, 0.29) is 17.4 Å². The summed E-state index contributed by atoms with van der Waals surface area (Å²) in [5, 5.41) is 0. The number of rotatable bonds is 8. The summed E-state index contributed by atoms with van der Waals surface area (Å²) in [4.78, 5) is 23.4. The number of nitrogens with two attached hydrogens (primary N) is 1. The van der Waals surface area contributed by atoms with Crippen LogP contribution in [0, 0.1) is 26.6 Å². The Morgan fingerprint density at radius 3 is 2.23 bits per heavy atom. The van der Waals surface area contributed by atoms with E-state index in [4.69, 9.17) is 10.5 Å². The van der Waals surface area contributed by atoms with E-state index < -0.39 is 0 Å². The number of allylic oxidation sites excluding steroid dienone is 2. The van der Waals surface area contributed by atoms with Gasteiger partial charge in [0.2, 0.25) is 0 Å². The second-order valence-corrected chi connectivity index (χ2v) is 7.95. The fraction of sp³-hybridized carbons (Fsp3) is 0.308. The number of Topliss-reactive ketones (excluding diaryl/α,β-unsaturated/α-hetero) is 2. The lowest BCUT2D eigenvalue weighted by Gasteiger charge is -2.20. The summed E-state index contributed by atoms with van der Waals surface area (Å²) in [5.74, 6) is 0.337. The summed E-state index contributed by atoms with van der Waals surface area (Å²) < 4.78 is 20.6. The number of hydrogen-bond donors (Lipinski definition) is 1. The zero-order chi connectivity index (χ0) is 23.5. The quantitative estimate of drug-likeness (QED) is 0.311. The van der Waals surface area contributed by atoms with E-state index in [0.717, 1.165) is 27.8 Å². The summed E-state index contributed by atoms with van der Waals surface area (Å²) in [7, 11) is 0. The van der Waals surface area contributed by atoms with Gasteiger partial charge in [0, 0.05) is 35.2 Å². The molecular formula is C26H30FNO3. The molecule has 31 heavy (non-hydrogen) atoms. The molecule has 0 spiro atoms. The van der Waals surface area contributed by atoms with Crippen LogP contribution in [0.25, 0.3) is 16.9 Å². The van der Waals surface area contributed by atoms with Crippen molar-refractivity contribution < 1.29 is 18.7 Å². The van der Waals surface area contributed by atoms with E-state index in [1.54, 1.807) is 13.0 Å². The van der Waals surface area contributed by atoms with Crippen LogP contribution in [0.2, 0.25) is 0 Å². The maximum absolute atomic E-state index is 14.6. The van der Waals surface area contributed by atoms with E-state index in [9.17, 15) is 14.0 Å². The molecule has 2 N–H and O–H groups in total. The Morgan fingerprint density at radius 1 is 1.00 bits per heavy atom. The number of ether oxygens (including phenoxy) is 1. The first-order valence-corrected chi connectivity index (χ1v) is 10.2. The molecule has 0 bridgehead atoms. The van der Waals surface area contributed by atoms with Gasteiger partial charge in [0.1, 0.15) is 17.4 Å². The first-order chi connectivity index (χ1) is 14.4. The van der Waals surface area contributed by atoms with Crippen LogP contribution >= 0.6 is 0 Å². The maximum atomic E-state index is 14.6. The van der Waals surface area contributed by atoms with Gasteiger partial charge in [-0.2, -0.15) is 0 Å². The van der Waals surface area contributed by atoms with Crippen molar-refractivity contribution in [3.05, 3.63) is 70.2 Å². The van der Waals surface area contributed by atoms with Crippen LogP contribution in [0.1, 0.15) is 55.9 Å². The number of halogens is 1. The molecule has 0 saturated carbocycles. The molecule has 0 radical (unpaired) electrons. The van der Waals surface area contributed by atoms with E-state index in [2.05, 4.69) is 6.58 Å². The molecular weight excluding hydrogens is 393 g/mol. The van der Waals surface area contributed by atoms with Gasteiger partial charge in [-0.3, -0.25) is 4.79 Å². The summed E-state index contributed by atoms with van der Waals surface area (Å²) in [6.07, 6.45) is 0.688. The van der Waals surface area contributed by atoms with Crippen LogP contribution in [0.15, 0.2) is 42.2 Å². The summed E-state index contributed by atoms with van der Waals surface area (Å²) in [5.41, 5.74) is 11.2. The number of carbonyl (C=O) groups is 2. The van der Waals surface area contributed by atoms with Gasteiger partial charge in [-0.15, -0.1) is 0 Å². The SMILES string of the molecule is C=C(CCC(C)=O)O/C(=C(\C)C(C)=O)c1ccc(-c2cc(C)c(N)cc2F)c(C)c1C. The zero-order valence-electron chi connectivity index (χ0n) is 19.1. The van der Waals surface area contributed by atoms with Crippen LogP contribution in [0.4, 0.5) is 10.1 Å². The molecule has 0 atom stereocenters. The number of benzene rings is 2. The summed E-state index contributed by atoms with van der Waals surface area (Å²) >= 11 is 0. The first kappa shape index (κ1) is 24.1. The number of carbonyl (C=O) groups excluding carboxylic acids is 2. The number of aryl methyl sites for hydroxylation is 1. The minimum Gasteiger partial charge on any atom is -0.461 e. The standard InChI is InChI=1S/C26H30FNO3/c1-14-12-23(24(27)13-25(14)28)21-10-11-22(18(5)17(21)4)26(19(6)20(7)30)31-16(3)9-8-15(2)29/h10-13H,3,8-9,28H2,1-2,4-7H3/b26-19+. The third-order valence-corrected chi connectivity index (χ3v) is 5.55. The molecule has 0 aromatic heterocycles. The molecule has 5 heteroatoms. The highest BCUT2D eigenvalue weighted by molar-refractivity contribution is 6.00. The average molecular weight is 424 g/mol. The molecule has 0 unspecified atom stereocenters. The Morgan fingerprint density at radius 2 is 1.65 bits per heavy atom. The Labute approximate surface area is 183 Å². The van der Waals surface area contributed by atoms with Gasteiger partial charge < -0.3 is 15.3 Å². The third-order valence-electron chi connectivity index (χ3n) is 5.55. The minimum absolute atomic E-state index is 0.0377. The van der Waals surface area contributed by atoms with Crippen molar-refractivity contribution in [1.29, 1.82) is 0 Å². The van der Waals surface area contributed by atoms with Crippen molar-refractivity contribution in [1.82, 2.24) is 0 Å². The molecule has 2 aromatic rings. The zero-order valence-corrected chi connectivity index (χ0v) is 19.1. The normalized spacial score (nSPS) is 11.7. The van der Waals surface area contributed by atoms with Crippen LogP contribution in [0.5, 0.6) is 0 Å². The lowest BCUT2D eigenvalue weighted by Crippen LogP contribution is -2.05. The van der Waals surface area contributed by atoms with Crippen molar-refractivity contribution in [2.45, 2.75) is 54.4 Å². The topological polar surface area (TPSA) is 69.4 Å². The molecule has 0 fully saturated rings. The monoisotopic (exact) mass is 423 g/mol. The van der Waals surface area contributed by atoms with Gasteiger partial charge in [-0.25, -0.2) is 4.39 Å². The maximum Gasteiger partial charge on any atom is 0.159 e. The Kier molecular flexibility index (Phi) is 7.55. The third kappa shape index (κ3) is 5.48. The number of nitrogen functional groups attached to an aromatic ring is 1. The van der Waals surface area contributed by atoms with Crippen LogP contribution in [-0.2, 0) is 14.3 Å². The van der Waals surface area contributed by atoms with Crippen molar-refractivity contribution in [3.8, 4) is 11.1 Å². The lowest BCUT2D eigenvalue weighted by atomic mass is 9.90. The smallest absolute Gasteiger partial charge is 0.159 e. The van der Waals surface area contributed by atoms with Crippen LogP contribution < -0.4 is 5.73 Å². The summed E-state index contributed by atoms with van der Waals surface area (Å²) in [6.45, 7) is 14.2. The largest absolute Gasteiger partial charge is 0.461 e. The number of anilines is 1. The Bertz CT molecular complexity index is 1100. The van der Waals surface area contributed by atoms with Crippen molar-refractivity contribution in [2.75, 3.05) is 5.73 Å². The minimum atomic E-state index is -0.386. The molecule has 2 rings (SSSR count). The second-order valence-electron chi connectivity index (χ2n) is 7.95. The van der Waals surface area contributed by atoms with Gasteiger partial charge in [-0.1, -0.05) is 18.7 Å². The van der Waals surface area contributed by atoms with Gasteiger partial charge in [0.05, 0.1) is 5.76 Å². The molecule has 164 valence electrons. The average Bonchev–Trinajstić information content (AvgIpc) is 2.69. The van der Waals surface area contributed by atoms with Gasteiger partial charge in [0.15, 0.2) is 5.78 Å². The highest BCUT2D eigenvalue weighted by Crippen LogP contribution is 2.35. The van der Waals surface area contributed by atoms with Gasteiger partial charge >= 0.3 is 0 Å². The van der Waals surface area contributed by atoms with E-state index in [1.165, 1.54) is 19.9 Å². The highest BCUT2D eigenvalue weighted by atomic mass is 19.1. The van der Waals surface area contributed by atoms with Crippen molar-refractivity contribution in [2.24, 2.45) is 0 Å². The molecule has 0 aliphatic carbocycles. The molecule has 2 aromatic carbocycles. The predicted octanol–water partition coefficient (Wildman–Crippen LogP) is 6.22. The molecule has 0 saturated heterocycles. The summed E-state index contributed by atoms with van der Waals surface area (Å²) in [6, 6.07) is 6.72. The van der Waals surface area contributed by atoms with Gasteiger partial charge in [0.25, 0.3) is 0 Å². The van der Waals surface area contributed by atoms with Crippen molar-refractivity contribution >= 4 is 23.0 Å². The molecule has 0 heterocycles. The van der Waals surface area contributed by atoms with E-state index in [0.29, 0.717) is 41.2 Å². The molecule has 0 amide bonds. The van der Waals surface area contributed by atoms with Crippen LogP contribution in [0.3, 0.4) is 0 Å². The Hall–Kier alpha value is -3.21. The Balaban J connectivity index is 2.57. The fourth-order valence-corrected chi connectivity index (χ4v) is 3.27. The molecule has 0 aliphatic heterocycles. The lowest BCUT2D eigenvalue weighted by molar-refractivity contribution is -0.117. The van der Waals surface area contributed by atoms with Gasteiger partial charge in [-0.05, 0) is 75.9 Å². The molecule has 4 nitrogen and oxygen atoms in total. The first-order valence-electron chi connectivity index (χ1n) is 10.2. The fourth-order valence-electron chi connectivity index (χ4n) is 3.27. The number of hydrogen-bond acceptors (Lipinski definition) is 4. The van der Waals surface area contributed by atoms with E-state index in [1.807, 2.05) is 32.9 Å². The molecule has 0 aliphatic rings. The second kappa shape index (κ2) is 9.73. The van der Waals surface area contributed by atoms with Crippen LogP contribution in [-0.4, -0.2) is 11.6 Å². The number of ketones is 2. The predicted molar refractivity (Wildman–Crippen MR) is 124 cm³/mol. The van der Waals surface area contributed by atoms with Crippen molar-refractivity contribution in [3.63, 3.8) is 0 Å². The highest BCUT2D eigenvalue weighted by Gasteiger charge is 2.19.